The summed E-state index contributed by atoms with van der Waals surface area (Å²) in [5.41, 5.74) is 2.43. The Hall–Kier alpha value is -1.47. The molecule has 0 spiro atoms. The van der Waals surface area contributed by atoms with Crippen LogP contribution in [0, 0.1) is 12.8 Å². The van der Waals surface area contributed by atoms with E-state index >= 15 is 0 Å². The molecule has 1 aliphatic heterocycles. The molecule has 1 atom stereocenters. The molecule has 0 saturated carbocycles. The summed E-state index contributed by atoms with van der Waals surface area (Å²) >= 11 is 0. The number of nitrogens with zero attached hydrogens (tertiary/aromatic N) is 1. The number of hydrogen-bond donors (Lipinski definition) is 1. The average Bonchev–Trinajstić information content (AvgIpc) is 2.66. The maximum Gasteiger partial charge on any atom is 0.239 e. The first-order valence-electron chi connectivity index (χ1n) is 10.4. The first-order chi connectivity index (χ1) is 13.6. The van der Waals surface area contributed by atoms with Crippen LogP contribution in [-0.4, -0.2) is 69.6 Å². The molecular weight excluding hydrogens is 356 g/mol. The van der Waals surface area contributed by atoms with Crippen molar-refractivity contribution in [3.8, 4) is 0 Å². The molecule has 0 unspecified atom stereocenters. The van der Waals surface area contributed by atoms with E-state index in [9.17, 15) is 4.79 Å². The standard InChI is InChI=1S/C22H36N2O4/c1-18(2)16-21(23-17-20-6-4-19(3)5-7-20)22(25)24-8-10-26-12-14-28-15-13-27-11-9-24/h4-7,18,21,23H,8-17H2,1-3H3/t21-/m0/s1. The van der Waals surface area contributed by atoms with Gasteiger partial charge in [0.15, 0.2) is 0 Å². The fourth-order valence-corrected chi connectivity index (χ4v) is 3.13. The monoisotopic (exact) mass is 392 g/mol. The van der Waals surface area contributed by atoms with E-state index in [0.717, 1.165) is 6.42 Å². The largest absolute Gasteiger partial charge is 0.377 e. The molecule has 1 heterocycles. The first-order valence-corrected chi connectivity index (χ1v) is 10.4. The minimum absolute atomic E-state index is 0.126. The van der Waals surface area contributed by atoms with Gasteiger partial charge in [-0.3, -0.25) is 4.79 Å². The summed E-state index contributed by atoms with van der Waals surface area (Å²) < 4.78 is 16.6. The van der Waals surface area contributed by atoms with Gasteiger partial charge in [0.25, 0.3) is 0 Å². The van der Waals surface area contributed by atoms with Gasteiger partial charge in [0, 0.05) is 19.6 Å². The molecule has 1 aromatic rings. The van der Waals surface area contributed by atoms with Gasteiger partial charge in [-0.15, -0.1) is 0 Å². The fraction of sp³-hybridized carbons (Fsp3) is 0.682. The topological polar surface area (TPSA) is 60.0 Å². The smallest absolute Gasteiger partial charge is 0.239 e. The van der Waals surface area contributed by atoms with E-state index in [2.05, 4.69) is 50.4 Å². The summed E-state index contributed by atoms with van der Waals surface area (Å²) in [5, 5.41) is 3.48. The van der Waals surface area contributed by atoms with E-state index in [0.29, 0.717) is 65.2 Å². The SMILES string of the molecule is Cc1ccc(CN[C@@H](CC(C)C)C(=O)N2CCOCCOCCOCC2)cc1. The summed E-state index contributed by atoms with van der Waals surface area (Å²) in [6, 6.07) is 8.21. The van der Waals surface area contributed by atoms with Crippen LogP contribution in [0.25, 0.3) is 0 Å². The molecule has 1 N–H and O–H groups in total. The zero-order valence-corrected chi connectivity index (χ0v) is 17.6. The highest BCUT2D eigenvalue weighted by Crippen LogP contribution is 2.11. The number of amides is 1. The van der Waals surface area contributed by atoms with Crippen LogP contribution in [0.15, 0.2) is 24.3 Å². The van der Waals surface area contributed by atoms with E-state index in [1.54, 1.807) is 0 Å². The molecule has 1 saturated heterocycles. The second-order valence-corrected chi connectivity index (χ2v) is 7.71. The summed E-state index contributed by atoms with van der Waals surface area (Å²) in [5.74, 6) is 0.554. The average molecular weight is 393 g/mol. The summed E-state index contributed by atoms with van der Waals surface area (Å²) in [7, 11) is 0. The summed E-state index contributed by atoms with van der Waals surface area (Å²) in [6.07, 6.45) is 0.802. The van der Waals surface area contributed by atoms with Crippen molar-refractivity contribution >= 4 is 5.91 Å². The van der Waals surface area contributed by atoms with Crippen LogP contribution in [0.4, 0.5) is 0 Å². The Morgan fingerprint density at radius 2 is 1.50 bits per heavy atom. The van der Waals surface area contributed by atoms with Crippen LogP contribution in [-0.2, 0) is 25.5 Å². The number of rotatable bonds is 6. The zero-order valence-electron chi connectivity index (χ0n) is 17.6. The lowest BCUT2D eigenvalue weighted by atomic mass is 10.0. The maximum absolute atomic E-state index is 13.3. The number of ether oxygens (including phenoxy) is 3. The van der Waals surface area contributed by atoms with Crippen molar-refractivity contribution in [3.63, 3.8) is 0 Å². The Labute approximate surface area is 169 Å². The molecule has 6 heteroatoms. The molecule has 1 fully saturated rings. The molecule has 158 valence electrons. The van der Waals surface area contributed by atoms with Gasteiger partial charge in [-0.1, -0.05) is 43.7 Å². The molecule has 1 aliphatic rings. The van der Waals surface area contributed by atoms with Crippen molar-refractivity contribution in [2.24, 2.45) is 5.92 Å². The third-order valence-electron chi connectivity index (χ3n) is 4.75. The van der Waals surface area contributed by atoms with Gasteiger partial charge in [-0.25, -0.2) is 0 Å². The van der Waals surface area contributed by atoms with E-state index in [1.807, 2.05) is 4.90 Å². The summed E-state index contributed by atoms with van der Waals surface area (Å²) in [4.78, 5) is 15.1. The molecule has 0 aliphatic carbocycles. The van der Waals surface area contributed by atoms with Crippen LogP contribution in [0.1, 0.15) is 31.4 Å². The van der Waals surface area contributed by atoms with Crippen LogP contribution in [0.3, 0.4) is 0 Å². The molecule has 0 aromatic heterocycles. The Balaban J connectivity index is 1.97. The lowest BCUT2D eigenvalue weighted by molar-refractivity contribution is -0.136. The molecule has 0 radical (unpaired) electrons. The highest BCUT2D eigenvalue weighted by atomic mass is 16.5. The van der Waals surface area contributed by atoms with Crippen molar-refractivity contribution < 1.29 is 19.0 Å². The van der Waals surface area contributed by atoms with Gasteiger partial charge in [-0.05, 0) is 24.8 Å². The minimum Gasteiger partial charge on any atom is -0.377 e. The third-order valence-corrected chi connectivity index (χ3v) is 4.75. The van der Waals surface area contributed by atoms with E-state index in [1.165, 1.54) is 11.1 Å². The van der Waals surface area contributed by atoms with Gasteiger partial charge in [0.05, 0.1) is 45.7 Å². The highest BCUT2D eigenvalue weighted by molar-refractivity contribution is 5.82. The molecule has 1 aromatic carbocycles. The number of carbonyl (C=O) groups is 1. The second-order valence-electron chi connectivity index (χ2n) is 7.71. The van der Waals surface area contributed by atoms with Gasteiger partial charge in [-0.2, -0.15) is 0 Å². The van der Waals surface area contributed by atoms with Crippen LogP contribution in [0.2, 0.25) is 0 Å². The van der Waals surface area contributed by atoms with Crippen molar-refractivity contribution in [1.82, 2.24) is 10.2 Å². The number of benzene rings is 1. The normalized spacial score (nSPS) is 18.4. The Kier molecular flexibility index (Phi) is 10.5. The molecule has 6 nitrogen and oxygen atoms in total. The van der Waals surface area contributed by atoms with Gasteiger partial charge < -0.3 is 24.4 Å². The van der Waals surface area contributed by atoms with Crippen molar-refractivity contribution in [3.05, 3.63) is 35.4 Å². The van der Waals surface area contributed by atoms with Gasteiger partial charge in [0.2, 0.25) is 5.91 Å². The molecule has 1 amide bonds. The van der Waals surface area contributed by atoms with Crippen molar-refractivity contribution in [2.75, 3.05) is 52.7 Å². The number of aryl methyl sites for hydroxylation is 1. The van der Waals surface area contributed by atoms with Crippen LogP contribution >= 0.6 is 0 Å². The third kappa shape index (κ3) is 8.69. The number of carbonyl (C=O) groups excluding carboxylic acids is 1. The number of hydrogen-bond acceptors (Lipinski definition) is 5. The van der Waals surface area contributed by atoms with Crippen LogP contribution < -0.4 is 5.32 Å². The Morgan fingerprint density at radius 1 is 0.964 bits per heavy atom. The predicted octanol–water partition coefficient (Wildman–Crippen LogP) is 2.39. The van der Waals surface area contributed by atoms with E-state index < -0.39 is 0 Å². The second kappa shape index (κ2) is 12.9. The Bertz CT molecular complexity index is 550. The van der Waals surface area contributed by atoms with Crippen LogP contribution in [0.5, 0.6) is 0 Å². The van der Waals surface area contributed by atoms with Gasteiger partial charge in [0.1, 0.15) is 0 Å². The Morgan fingerprint density at radius 3 is 2.04 bits per heavy atom. The minimum atomic E-state index is -0.211. The van der Waals surface area contributed by atoms with Crippen molar-refractivity contribution in [1.29, 1.82) is 0 Å². The first kappa shape index (κ1) is 22.8. The molecule has 0 bridgehead atoms. The lowest BCUT2D eigenvalue weighted by Gasteiger charge is -2.29. The molecular formula is C22H36N2O4. The quantitative estimate of drug-likeness (QED) is 0.806. The summed E-state index contributed by atoms with van der Waals surface area (Å²) in [6.45, 7) is 11.4. The number of nitrogens with one attached hydrogen (secondary N) is 1. The molecule has 2 rings (SSSR count). The van der Waals surface area contributed by atoms with Gasteiger partial charge >= 0.3 is 0 Å². The maximum atomic E-state index is 13.3. The predicted molar refractivity (Wildman–Crippen MR) is 110 cm³/mol. The van der Waals surface area contributed by atoms with E-state index in [-0.39, 0.29) is 11.9 Å². The highest BCUT2D eigenvalue weighted by Gasteiger charge is 2.25. The fourth-order valence-electron chi connectivity index (χ4n) is 3.13. The van der Waals surface area contributed by atoms with Crippen molar-refractivity contribution in [2.45, 2.75) is 39.8 Å². The van der Waals surface area contributed by atoms with E-state index in [4.69, 9.17) is 14.2 Å². The zero-order chi connectivity index (χ0) is 20.2. The lowest BCUT2D eigenvalue weighted by Crippen LogP contribution is -2.49. The molecule has 28 heavy (non-hydrogen) atoms.